The topological polar surface area (TPSA) is 130 Å². The van der Waals surface area contributed by atoms with Gasteiger partial charge < -0.3 is 15.7 Å². The number of nitriles is 1. The summed E-state index contributed by atoms with van der Waals surface area (Å²) >= 11 is 0. The van der Waals surface area contributed by atoms with Crippen LogP contribution in [0.3, 0.4) is 0 Å². The molecule has 2 heterocycles. The van der Waals surface area contributed by atoms with E-state index in [0.29, 0.717) is 25.7 Å². The Morgan fingerprint density at radius 3 is 2.64 bits per heavy atom. The number of hydrogen-bond acceptors (Lipinski definition) is 7. The molecule has 3 aliphatic rings. The smallest absolute Gasteiger partial charge is 0.308 e. The van der Waals surface area contributed by atoms with E-state index in [1.807, 2.05) is 0 Å². The van der Waals surface area contributed by atoms with Crippen LogP contribution in [-0.2, 0) is 9.59 Å². The van der Waals surface area contributed by atoms with E-state index in [1.54, 1.807) is 0 Å². The largest absolute Gasteiger partial charge is 0.481 e. The Kier molecular flexibility index (Phi) is 5.86. The molecule has 0 aromatic carbocycles. The molecule has 25 heavy (non-hydrogen) atoms. The number of nitrogens with one attached hydrogen (secondary N) is 4. The first-order valence-electron chi connectivity index (χ1n) is 8.97. The SMILES string of the molecule is N#CC1CCC(C(=O)O)C(NC(=O)C2CCC(N3CCNC3)NN2)C1. The summed E-state index contributed by atoms with van der Waals surface area (Å²) < 4.78 is 0. The number of carbonyl (C=O) groups is 2. The van der Waals surface area contributed by atoms with Crippen molar-refractivity contribution in [2.24, 2.45) is 11.8 Å². The lowest BCUT2D eigenvalue weighted by Crippen LogP contribution is -2.62. The van der Waals surface area contributed by atoms with Gasteiger partial charge in [-0.15, -0.1) is 0 Å². The summed E-state index contributed by atoms with van der Waals surface area (Å²) in [5, 5.41) is 24.6. The van der Waals surface area contributed by atoms with Crippen molar-refractivity contribution in [3.05, 3.63) is 0 Å². The van der Waals surface area contributed by atoms with E-state index in [2.05, 4.69) is 32.5 Å². The first kappa shape index (κ1) is 18.1. The molecule has 0 bridgehead atoms. The first-order chi connectivity index (χ1) is 12.1. The first-order valence-corrected chi connectivity index (χ1v) is 8.97. The highest BCUT2D eigenvalue weighted by Gasteiger charge is 2.38. The fraction of sp³-hybridized carbons (Fsp3) is 0.812. The number of amides is 1. The summed E-state index contributed by atoms with van der Waals surface area (Å²) in [6, 6.07) is 1.33. The van der Waals surface area contributed by atoms with Crippen LogP contribution >= 0.6 is 0 Å². The van der Waals surface area contributed by atoms with Gasteiger partial charge >= 0.3 is 5.97 Å². The molecule has 2 aliphatic heterocycles. The van der Waals surface area contributed by atoms with Gasteiger partial charge in [-0.25, -0.2) is 10.9 Å². The molecular formula is C16H26N6O3. The van der Waals surface area contributed by atoms with E-state index in [1.165, 1.54) is 0 Å². The van der Waals surface area contributed by atoms with Crippen molar-refractivity contribution in [2.45, 2.75) is 50.4 Å². The maximum absolute atomic E-state index is 12.5. The van der Waals surface area contributed by atoms with Crippen LogP contribution in [0.25, 0.3) is 0 Å². The monoisotopic (exact) mass is 350 g/mol. The van der Waals surface area contributed by atoms with Crippen LogP contribution in [0.2, 0.25) is 0 Å². The van der Waals surface area contributed by atoms with Gasteiger partial charge in [0.1, 0.15) is 6.04 Å². The summed E-state index contributed by atoms with van der Waals surface area (Å²) in [5.41, 5.74) is 6.25. The number of hydrazine groups is 1. The molecule has 9 nitrogen and oxygen atoms in total. The van der Waals surface area contributed by atoms with Gasteiger partial charge in [0.15, 0.2) is 0 Å². The van der Waals surface area contributed by atoms with Gasteiger partial charge in [-0.2, -0.15) is 5.26 Å². The van der Waals surface area contributed by atoms with Crippen molar-refractivity contribution < 1.29 is 14.7 Å². The van der Waals surface area contributed by atoms with E-state index in [9.17, 15) is 14.7 Å². The Bertz CT molecular complexity index is 536. The fourth-order valence-electron chi connectivity index (χ4n) is 3.95. The second-order valence-corrected chi connectivity index (χ2v) is 7.10. The standard InChI is InChI=1S/C16H26N6O3/c17-8-10-1-2-11(16(24)25)13(7-10)19-15(23)12-3-4-14(21-20-12)22-6-5-18-9-22/h10-14,18,20-21H,1-7,9H2,(H,19,23)(H,24,25). The average Bonchev–Trinajstić information content (AvgIpc) is 3.16. The number of hydrogen-bond donors (Lipinski definition) is 5. The Hall–Kier alpha value is -1.73. The number of nitrogens with zero attached hydrogens (tertiary/aromatic N) is 2. The Morgan fingerprint density at radius 2 is 2.04 bits per heavy atom. The highest BCUT2D eigenvalue weighted by atomic mass is 16.4. The van der Waals surface area contributed by atoms with Gasteiger partial charge in [-0.05, 0) is 32.1 Å². The third kappa shape index (κ3) is 4.27. The zero-order chi connectivity index (χ0) is 17.8. The number of rotatable bonds is 4. The lowest BCUT2D eigenvalue weighted by molar-refractivity contribution is -0.144. The summed E-state index contributed by atoms with van der Waals surface area (Å²) in [4.78, 5) is 26.3. The molecule has 1 amide bonds. The molecule has 1 saturated carbocycles. The lowest BCUT2D eigenvalue weighted by Gasteiger charge is -2.37. The highest BCUT2D eigenvalue weighted by Crippen LogP contribution is 2.29. The third-order valence-corrected chi connectivity index (χ3v) is 5.48. The molecule has 5 N–H and O–H groups in total. The molecule has 3 rings (SSSR count). The maximum Gasteiger partial charge on any atom is 0.308 e. The van der Waals surface area contributed by atoms with Crippen LogP contribution in [0.4, 0.5) is 0 Å². The van der Waals surface area contributed by atoms with Crippen LogP contribution in [-0.4, -0.2) is 59.9 Å². The van der Waals surface area contributed by atoms with Gasteiger partial charge in [-0.1, -0.05) is 0 Å². The fourth-order valence-corrected chi connectivity index (χ4v) is 3.95. The van der Waals surface area contributed by atoms with Crippen molar-refractivity contribution in [3.8, 4) is 6.07 Å². The number of carboxylic acids is 1. The number of carbonyl (C=O) groups excluding carboxylic acids is 1. The zero-order valence-electron chi connectivity index (χ0n) is 14.2. The van der Waals surface area contributed by atoms with E-state index in [4.69, 9.17) is 5.26 Å². The third-order valence-electron chi connectivity index (χ3n) is 5.48. The zero-order valence-corrected chi connectivity index (χ0v) is 14.2. The van der Waals surface area contributed by atoms with Crippen molar-refractivity contribution in [2.75, 3.05) is 19.8 Å². The molecule has 1 aliphatic carbocycles. The van der Waals surface area contributed by atoms with Gasteiger partial charge in [-0.3, -0.25) is 14.5 Å². The van der Waals surface area contributed by atoms with Crippen LogP contribution in [0, 0.1) is 23.2 Å². The lowest BCUT2D eigenvalue weighted by atomic mass is 9.78. The predicted molar refractivity (Wildman–Crippen MR) is 88.7 cm³/mol. The van der Waals surface area contributed by atoms with E-state index in [0.717, 1.165) is 26.2 Å². The quantitative estimate of drug-likeness (QED) is 0.434. The van der Waals surface area contributed by atoms with Crippen LogP contribution in [0.1, 0.15) is 32.1 Å². The molecule has 5 unspecified atom stereocenters. The minimum atomic E-state index is -0.905. The van der Waals surface area contributed by atoms with E-state index < -0.39 is 17.9 Å². The molecule has 0 spiro atoms. The normalized spacial score (nSPS) is 36.5. The second-order valence-electron chi connectivity index (χ2n) is 7.10. The number of aliphatic carboxylic acids is 1. The van der Waals surface area contributed by atoms with Crippen LogP contribution in [0.5, 0.6) is 0 Å². The molecule has 138 valence electrons. The van der Waals surface area contributed by atoms with E-state index >= 15 is 0 Å². The molecule has 0 aromatic rings. The van der Waals surface area contributed by atoms with E-state index in [-0.39, 0.29) is 24.0 Å². The predicted octanol–water partition coefficient (Wildman–Crippen LogP) is -1.06. The summed E-state index contributed by atoms with van der Waals surface area (Å²) in [7, 11) is 0. The summed E-state index contributed by atoms with van der Waals surface area (Å²) in [5.74, 6) is -1.91. The Morgan fingerprint density at radius 1 is 1.20 bits per heavy atom. The molecule has 5 atom stereocenters. The molecule has 9 heteroatoms. The molecular weight excluding hydrogens is 324 g/mol. The second kappa shape index (κ2) is 8.10. The molecule has 3 fully saturated rings. The van der Waals surface area contributed by atoms with Crippen molar-refractivity contribution >= 4 is 11.9 Å². The van der Waals surface area contributed by atoms with Crippen molar-refractivity contribution in [3.63, 3.8) is 0 Å². The molecule has 0 aromatic heterocycles. The van der Waals surface area contributed by atoms with Crippen LogP contribution in [0.15, 0.2) is 0 Å². The minimum Gasteiger partial charge on any atom is -0.481 e. The molecule has 0 radical (unpaired) electrons. The Labute approximate surface area is 147 Å². The highest BCUT2D eigenvalue weighted by molar-refractivity contribution is 5.83. The van der Waals surface area contributed by atoms with Gasteiger partial charge in [0.25, 0.3) is 0 Å². The van der Waals surface area contributed by atoms with Gasteiger partial charge in [0, 0.05) is 31.7 Å². The molecule has 2 saturated heterocycles. The maximum atomic E-state index is 12.5. The Balaban J connectivity index is 1.52. The average molecular weight is 350 g/mol. The van der Waals surface area contributed by atoms with Gasteiger partial charge in [0.2, 0.25) is 5.91 Å². The minimum absolute atomic E-state index is 0.189. The number of carboxylic acid groups (broad SMARTS) is 1. The van der Waals surface area contributed by atoms with Gasteiger partial charge in [0.05, 0.1) is 18.2 Å². The summed E-state index contributed by atoms with van der Waals surface area (Å²) in [6.45, 7) is 2.79. The van der Waals surface area contributed by atoms with Crippen LogP contribution < -0.4 is 21.5 Å². The van der Waals surface area contributed by atoms with Crippen molar-refractivity contribution in [1.29, 1.82) is 5.26 Å². The summed E-state index contributed by atoms with van der Waals surface area (Å²) in [6.07, 6.45) is 3.14. The van der Waals surface area contributed by atoms with Crippen molar-refractivity contribution in [1.82, 2.24) is 26.4 Å².